The Labute approximate surface area is 419 Å². The van der Waals surface area contributed by atoms with Crippen molar-refractivity contribution in [3.63, 3.8) is 0 Å². The third-order valence-corrected chi connectivity index (χ3v) is 13.0. The Morgan fingerprint density at radius 3 is 0.853 bits per heavy atom. The van der Waals surface area contributed by atoms with Crippen molar-refractivity contribution in [3.8, 4) is 46.0 Å². The van der Waals surface area contributed by atoms with E-state index in [1.165, 1.54) is 25.7 Å². The van der Waals surface area contributed by atoms with E-state index in [2.05, 4.69) is 76.2 Å². The van der Waals surface area contributed by atoms with E-state index in [1.54, 1.807) is 0 Å². The zero-order valence-electron chi connectivity index (χ0n) is 41.9. The summed E-state index contributed by atoms with van der Waals surface area (Å²) >= 11 is 12.6. The lowest BCUT2D eigenvalue weighted by molar-refractivity contribution is 0.216. The van der Waals surface area contributed by atoms with E-state index in [1.807, 2.05) is 0 Å². The van der Waals surface area contributed by atoms with Crippen molar-refractivity contribution >= 4 is 23.2 Å². The Kier molecular flexibility index (Phi) is 23.3. The molecule has 0 spiro atoms. The van der Waals surface area contributed by atoms with Gasteiger partial charge in [-0.25, -0.2) is 0 Å². The van der Waals surface area contributed by atoms with Crippen LogP contribution in [0.5, 0.6) is 46.0 Å². The first-order valence-corrected chi connectivity index (χ1v) is 27.3. The van der Waals surface area contributed by atoms with E-state index in [9.17, 15) is 0 Å². The summed E-state index contributed by atoms with van der Waals surface area (Å²) in [6.45, 7) is 12.9. The minimum atomic E-state index is 0.364. The second kappa shape index (κ2) is 29.8. The van der Waals surface area contributed by atoms with Gasteiger partial charge < -0.3 is 37.9 Å². The average molecular weight is 976 g/mol. The number of hydrogen-bond acceptors (Lipinski definition) is 8. The number of ether oxygens (including phenoxy) is 8. The highest BCUT2D eigenvalue weighted by Gasteiger charge is 2.26. The minimum Gasteiger partial charge on any atom is -0.493 e. The van der Waals surface area contributed by atoms with Crippen LogP contribution >= 0.6 is 23.2 Å². The normalized spacial score (nSPS) is 13.0. The quantitative estimate of drug-likeness (QED) is 0.0333. The molecule has 374 valence electrons. The van der Waals surface area contributed by atoms with Crippen molar-refractivity contribution in [3.05, 3.63) is 93.0 Å². The number of unbranched alkanes of at least 4 members (excludes halogenated alkanes) is 12. The predicted molar refractivity (Wildman–Crippen MR) is 279 cm³/mol. The molecule has 2 aliphatic rings. The molecule has 0 saturated carbocycles. The standard InChI is InChI=1S/C58H80Cl2O8/c1-5-9-13-17-23-65-55-43-31-47-39-53-41-49(57(47)67-25-19-15-11-7-3)33-45-37-52(62-28-22-60)38-46(56(45)66-24-18-14-10-6-2)34-50-42-54(64-30-29-63-53)40-48(58(50)68-26-20-16-12-8-4)32-44(55)36-51(35-43)61-27-21-59/h35-42H,5-34H2,1-4H3. The van der Waals surface area contributed by atoms with Crippen LogP contribution in [0.2, 0.25) is 0 Å². The van der Waals surface area contributed by atoms with Crippen molar-refractivity contribution in [1.29, 1.82) is 0 Å². The molecule has 4 aromatic rings. The summed E-state index contributed by atoms with van der Waals surface area (Å²) in [6.07, 6.45) is 19.7. The molecule has 0 atom stereocenters. The van der Waals surface area contributed by atoms with Gasteiger partial charge in [0.2, 0.25) is 0 Å². The summed E-state index contributed by atoms with van der Waals surface area (Å²) in [5, 5.41) is 0. The summed E-state index contributed by atoms with van der Waals surface area (Å²) in [5.74, 6) is 7.23. The molecule has 0 fully saturated rings. The van der Waals surface area contributed by atoms with Crippen LogP contribution in [0.25, 0.3) is 0 Å². The van der Waals surface area contributed by atoms with Crippen LogP contribution < -0.4 is 37.9 Å². The van der Waals surface area contributed by atoms with Crippen LogP contribution in [-0.4, -0.2) is 64.6 Å². The largest absolute Gasteiger partial charge is 0.493 e. The molecule has 4 aromatic carbocycles. The molecule has 0 aromatic heterocycles. The molecule has 68 heavy (non-hydrogen) atoms. The maximum Gasteiger partial charge on any atom is 0.126 e. The van der Waals surface area contributed by atoms with Crippen molar-refractivity contribution in [2.45, 2.75) is 156 Å². The molecular weight excluding hydrogens is 896 g/mol. The first-order valence-electron chi connectivity index (χ1n) is 26.3. The molecule has 0 saturated heterocycles. The zero-order valence-corrected chi connectivity index (χ0v) is 43.4. The topological polar surface area (TPSA) is 73.8 Å². The highest BCUT2D eigenvalue weighted by molar-refractivity contribution is 6.18. The average Bonchev–Trinajstić information content (AvgIpc) is 3.33. The van der Waals surface area contributed by atoms with E-state index in [0.717, 1.165) is 168 Å². The second-order valence-electron chi connectivity index (χ2n) is 18.4. The Balaban J connectivity index is 1.65. The zero-order chi connectivity index (χ0) is 47.8. The third-order valence-electron chi connectivity index (χ3n) is 12.7. The number of alkyl halides is 2. The van der Waals surface area contributed by atoms with Crippen LogP contribution in [0.4, 0.5) is 0 Å². The molecule has 10 bridgehead atoms. The van der Waals surface area contributed by atoms with Gasteiger partial charge in [0.1, 0.15) is 72.4 Å². The van der Waals surface area contributed by atoms with Crippen LogP contribution in [0.15, 0.2) is 48.5 Å². The molecule has 8 nitrogen and oxygen atoms in total. The summed E-state index contributed by atoms with van der Waals surface area (Å²) in [4.78, 5) is 0. The lowest BCUT2D eigenvalue weighted by atomic mass is 9.90. The van der Waals surface area contributed by atoms with Crippen molar-refractivity contribution in [2.75, 3.05) is 64.6 Å². The summed E-state index contributed by atoms with van der Waals surface area (Å²) in [6, 6.07) is 17.2. The molecule has 2 heterocycles. The van der Waals surface area contributed by atoms with Gasteiger partial charge in [-0.3, -0.25) is 0 Å². The summed E-state index contributed by atoms with van der Waals surface area (Å²) in [5.41, 5.74) is 8.15. The predicted octanol–water partition coefficient (Wildman–Crippen LogP) is 15.2. The number of benzene rings is 4. The molecule has 0 radical (unpaired) electrons. The van der Waals surface area contributed by atoms with E-state index < -0.39 is 0 Å². The van der Waals surface area contributed by atoms with Crippen molar-refractivity contribution < 1.29 is 37.9 Å². The van der Waals surface area contributed by atoms with E-state index in [-0.39, 0.29) is 0 Å². The van der Waals surface area contributed by atoms with Crippen LogP contribution in [0, 0.1) is 0 Å². The molecule has 2 aliphatic heterocycles. The highest BCUT2D eigenvalue weighted by Crippen LogP contribution is 2.44. The van der Waals surface area contributed by atoms with E-state index >= 15 is 0 Å². The van der Waals surface area contributed by atoms with Gasteiger partial charge in [-0.15, -0.1) is 23.2 Å². The van der Waals surface area contributed by atoms with Gasteiger partial charge in [-0.05, 0) is 74.2 Å². The lowest BCUT2D eigenvalue weighted by Gasteiger charge is -2.24. The number of halogens is 2. The smallest absolute Gasteiger partial charge is 0.126 e. The molecule has 0 unspecified atom stereocenters. The van der Waals surface area contributed by atoms with Gasteiger partial charge >= 0.3 is 0 Å². The van der Waals surface area contributed by atoms with Crippen LogP contribution in [0.1, 0.15) is 175 Å². The fourth-order valence-electron chi connectivity index (χ4n) is 9.28. The van der Waals surface area contributed by atoms with Crippen LogP contribution in [-0.2, 0) is 25.7 Å². The van der Waals surface area contributed by atoms with Gasteiger partial charge in [0.05, 0.1) is 38.2 Å². The molecule has 0 N–H and O–H groups in total. The van der Waals surface area contributed by atoms with Gasteiger partial charge in [0, 0.05) is 70.2 Å². The fourth-order valence-corrected chi connectivity index (χ4v) is 9.43. The minimum absolute atomic E-state index is 0.364. The Morgan fingerprint density at radius 2 is 0.603 bits per heavy atom. The summed E-state index contributed by atoms with van der Waals surface area (Å²) < 4.78 is 54.2. The van der Waals surface area contributed by atoms with Gasteiger partial charge in [0.25, 0.3) is 0 Å². The summed E-state index contributed by atoms with van der Waals surface area (Å²) in [7, 11) is 0. The number of rotatable bonds is 30. The second-order valence-corrected chi connectivity index (χ2v) is 19.2. The molecule has 10 heteroatoms. The van der Waals surface area contributed by atoms with E-state index in [0.29, 0.717) is 90.3 Å². The Hall–Kier alpha value is -4.14. The molecule has 0 amide bonds. The van der Waals surface area contributed by atoms with Crippen LogP contribution in [0.3, 0.4) is 0 Å². The molecule has 6 rings (SSSR count). The fraction of sp³-hybridized carbons (Fsp3) is 0.586. The number of fused-ring (bicyclic) bond motifs is 11. The van der Waals surface area contributed by atoms with Gasteiger partial charge in [0.15, 0.2) is 0 Å². The molecular formula is C58H80Cl2O8. The van der Waals surface area contributed by atoms with Gasteiger partial charge in [-0.2, -0.15) is 0 Å². The third kappa shape index (κ3) is 16.2. The van der Waals surface area contributed by atoms with E-state index in [4.69, 9.17) is 61.1 Å². The lowest BCUT2D eigenvalue weighted by Crippen LogP contribution is -2.12. The molecule has 0 aliphatic carbocycles. The highest BCUT2D eigenvalue weighted by atomic mass is 35.5. The Bertz CT molecular complexity index is 1870. The monoisotopic (exact) mass is 975 g/mol. The van der Waals surface area contributed by atoms with Gasteiger partial charge in [-0.1, -0.05) is 105 Å². The number of hydrogen-bond donors (Lipinski definition) is 0. The van der Waals surface area contributed by atoms with Crippen molar-refractivity contribution in [1.82, 2.24) is 0 Å². The SMILES string of the molecule is CCCCCCOc1c2cc(OCCCl)cc1Cc1cc3cc(c1OCCCCCC)Cc1cc(OCCCl)cc(c1OCCCCCC)Cc1cc(cc(c1OCCCCCC)C2)OCCO3. The Morgan fingerprint density at radius 1 is 0.338 bits per heavy atom. The maximum atomic E-state index is 7.03. The first-order chi connectivity index (χ1) is 33.5. The first kappa shape index (κ1) is 53.2. The maximum absolute atomic E-state index is 7.03. The van der Waals surface area contributed by atoms with Crippen molar-refractivity contribution in [2.24, 2.45) is 0 Å².